The molecule has 3 atom stereocenters. The number of carboxylic acid groups (broad SMARTS) is 2. The first-order chi connectivity index (χ1) is 7.27. The molecule has 16 heavy (non-hydrogen) atoms. The molecular formula is C7H14O9. The summed E-state index contributed by atoms with van der Waals surface area (Å²) in [6.45, 7) is -1.48. The summed E-state index contributed by atoms with van der Waals surface area (Å²) in [5.74, 6) is -2.95. The Hall–Kier alpha value is -1.26. The van der Waals surface area contributed by atoms with Gasteiger partial charge in [0.2, 0.25) is 0 Å². The van der Waals surface area contributed by atoms with E-state index in [9.17, 15) is 9.59 Å². The van der Waals surface area contributed by atoms with E-state index in [4.69, 9.17) is 35.7 Å². The van der Waals surface area contributed by atoms with Crippen LogP contribution in [-0.4, -0.2) is 79.2 Å². The first-order valence-corrected chi connectivity index (χ1v) is 3.99. The zero-order valence-electron chi connectivity index (χ0n) is 8.09. The predicted octanol–water partition coefficient (Wildman–Crippen LogP) is -3.79. The molecule has 0 aliphatic rings. The van der Waals surface area contributed by atoms with Gasteiger partial charge in [-0.3, -0.25) is 0 Å². The van der Waals surface area contributed by atoms with Crippen LogP contribution in [0.15, 0.2) is 0 Å². The molecule has 7 N–H and O–H groups in total. The van der Waals surface area contributed by atoms with Gasteiger partial charge in [0.15, 0.2) is 12.2 Å². The van der Waals surface area contributed by atoms with Crippen molar-refractivity contribution in [3.05, 3.63) is 0 Å². The number of aliphatic hydroxyl groups is 5. The second-order valence-electron chi connectivity index (χ2n) is 2.57. The van der Waals surface area contributed by atoms with Crippen molar-refractivity contribution in [1.29, 1.82) is 0 Å². The summed E-state index contributed by atoms with van der Waals surface area (Å²) in [7, 11) is 0. The standard InChI is InChI=1S/C4H8O5.C3H6O4/c5-1-2(6)3(7)4(8)9;4-1-2(5)3(6)7/h2-3,5-7H,1H2,(H,8,9);2,4-5H,1H2,(H,6,7). The smallest absolute Gasteiger partial charge is 0.335 e. The Labute approximate surface area is 89.8 Å². The molecule has 0 radical (unpaired) electrons. The highest BCUT2D eigenvalue weighted by molar-refractivity contribution is 5.72. The summed E-state index contributed by atoms with van der Waals surface area (Å²) < 4.78 is 0. The fourth-order valence-corrected chi connectivity index (χ4v) is 0.343. The van der Waals surface area contributed by atoms with Gasteiger partial charge >= 0.3 is 11.9 Å². The Morgan fingerprint density at radius 2 is 1.31 bits per heavy atom. The fourth-order valence-electron chi connectivity index (χ4n) is 0.343. The van der Waals surface area contributed by atoms with Crippen molar-refractivity contribution in [3.8, 4) is 0 Å². The van der Waals surface area contributed by atoms with Crippen LogP contribution in [0.25, 0.3) is 0 Å². The number of aliphatic carboxylic acids is 2. The number of aliphatic hydroxyl groups excluding tert-OH is 5. The molecule has 0 aromatic rings. The Bertz CT molecular complexity index is 216. The molecule has 0 amide bonds. The summed E-state index contributed by atoms with van der Waals surface area (Å²) in [5, 5.41) is 56.6. The largest absolute Gasteiger partial charge is 0.479 e. The summed E-state index contributed by atoms with van der Waals surface area (Å²) in [6, 6.07) is 0. The summed E-state index contributed by atoms with van der Waals surface area (Å²) in [5.41, 5.74) is 0. The second kappa shape index (κ2) is 9.00. The zero-order chi connectivity index (χ0) is 13.3. The molecule has 0 aliphatic carbocycles. The molecule has 0 bridgehead atoms. The highest BCUT2D eigenvalue weighted by atomic mass is 16.4. The molecule has 0 aliphatic heterocycles. The molecule has 0 aromatic carbocycles. The average Bonchev–Trinajstić information content (AvgIpc) is 2.26. The number of carbonyl (C=O) groups is 2. The lowest BCUT2D eigenvalue weighted by Gasteiger charge is -2.09. The van der Waals surface area contributed by atoms with Crippen molar-refractivity contribution < 1.29 is 45.3 Å². The fraction of sp³-hybridized carbons (Fsp3) is 0.714. The first kappa shape index (κ1) is 17.1. The van der Waals surface area contributed by atoms with Crippen molar-refractivity contribution in [1.82, 2.24) is 0 Å². The van der Waals surface area contributed by atoms with E-state index >= 15 is 0 Å². The van der Waals surface area contributed by atoms with Crippen LogP contribution in [0.3, 0.4) is 0 Å². The van der Waals surface area contributed by atoms with E-state index in [-0.39, 0.29) is 0 Å². The molecule has 0 fully saturated rings. The highest BCUT2D eigenvalue weighted by Gasteiger charge is 2.21. The zero-order valence-corrected chi connectivity index (χ0v) is 8.09. The third kappa shape index (κ3) is 8.08. The van der Waals surface area contributed by atoms with Crippen LogP contribution < -0.4 is 0 Å². The van der Waals surface area contributed by atoms with Crippen molar-refractivity contribution in [2.24, 2.45) is 0 Å². The van der Waals surface area contributed by atoms with E-state index in [2.05, 4.69) is 0 Å². The summed E-state index contributed by atoms with van der Waals surface area (Å²) in [6.07, 6.45) is -5.11. The lowest BCUT2D eigenvalue weighted by molar-refractivity contribution is -0.154. The van der Waals surface area contributed by atoms with E-state index in [1.165, 1.54) is 0 Å². The van der Waals surface area contributed by atoms with E-state index in [1.807, 2.05) is 0 Å². The maximum absolute atomic E-state index is 9.78. The molecule has 96 valence electrons. The summed E-state index contributed by atoms with van der Waals surface area (Å²) >= 11 is 0. The van der Waals surface area contributed by atoms with Gasteiger partial charge in [0.1, 0.15) is 6.10 Å². The normalized spacial score (nSPS) is 15.3. The monoisotopic (exact) mass is 242 g/mol. The van der Waals surface area contributed by atoms with Gasteiger partial charge in [-0.1, -0.05) is 0 Å². The lowest BCUT2D eigenvalue weighted by atomic mass is 10.2. The minimum atomic E-state index is -1.89. The molecule has 0 rings (SSSR count). The van der Waals surface area contributed by atoms with Gasteiger partial charge in [-0.25, -0.2) is 9.59 Å². The van der Waals surface area contributed by atoms with Crippen LogP contribution in [0.5, 0.6) is 0 Å². The van der Waals surface area contributed by atoms with Crippen LogP contribution in [0.1, 0.15) is 0 Å². The average molecular weight is 242 g/mol. The Morgan fingerprint density at radius 3 is 1.38 bits per heavy atom. The van der Waals surface area contributed by atoms with E-state index in [1.54, 1.807) is 0 Å². The highest BCUT2D eigenvalue weighted by Crippen LogP contribution is 1.90. The molecule has 0 saturated carbocycles. The third-order valence-corrected chi connectivity index (χ3v) is 1.26. The van der Waals surface area contributed by atoms with Crippen LogP contribution >= 0.6 is 0 Å². The number of hydrogen-bond acceptors (Lipinski definition) is 7. The topological polar surface area (TPSA) is 176 Å². The molecule has 0 heterocycles. The first-order valence-electron chi connectivity index (χ1n) is 3.99. The van der Waals surface area contributed by atoms with E-state index in [0.29, 0.717) is 0 Å². The Morgan fingerprint density at radius 1 is 0.875 bits per heavy atom. The van der Waals surface area contributed by atoms with Gasteiger partial charge in [0.05, 0.1) is 13.2 Å². The Kier molecular flexibility index (Phi) is 9.65. The number of hydrogen-bond donors (Lipinski definition) is 7. The minimum Gasteiger partial charge on any atom is -0.479 e. The predicted molar refractivity (Wildman–Crippen MR) is 47.5 cm³/mol. The maximum Gasteiger partial charge on any atom is 0.335 e. The van der Waals surface area contributed by atoms with Crippen molar-refractivity contribution >= 4 is 11.9 Å². The van der Waals surface area contributed by atoms with Crippen LogP contribution in [0, 0.1) is 0 Å². The van der Waals surface area contributed by atoms with Gasteiger partial charge in [-0.2, -0.15) is 0 Å². The maximum atomic E-state index is 9.78. The summed E-state index contributed by atoms with van der Waals surface area (Å²) in [4.78, 5) is 19.3. The Balaban J connectivity index is 0. The van der Waals surface area contributed by atoms with Crippen molar-refractivity contribution in [3.63, 3.8) is 0 Å². The molecule has 3 unspecified atom stereocenters. The SMILES string of the molecule is O=C(O)C(O)C(O)CO.O=C(O)C(O)CO. The van der Waals surface area contributed by atoms with Gasteiger partial charge in [-0.15, -0.1) is 0 Å². The van der Waals surface area contributed by atoms with Gasteiger partial charge in [0, 0.05) is 0 Å². The molecule has 0 aromatic heterocycles. The number of rotatable bonds is 5. The van der Waals surface area contributed by atoms with Crippen LogP contribution in [0.2, 0.25) is 0 Å². The lowest BCUT2D eigenvalue weighted by Crippen LogP contribution is -2.36. The van der Waals surface area contributed by atoms with Gasteiger partial charge < -0.3 is 35.7 Å². The van der Waals surface area contributed by atoms with Crippen molar-refractivity contribution in [2.75, 3.05) is 13.2 Å². The van der Waals surface area contributed by atoms with Gasteiger partial charge in [0.25, 0.3) is 0 Å². The molecule has 9 nitrogen and oxygen atoms in total. The molecular weight excluding hydrogens is 228 g/mol. The van der Waals surface area contributed by atoms with Crippen molar-refractivity contribution in [2.45, 2.75) is 18.3 Å². The van der Waals surface area contributed by atoms with Gasteiger partial charge in [-0.05, 0) is 0 Å². The third-order valence-electron chi connectivity index (χ3n) is 1.26. The van der Waals surface area contributed by atoms with E-state index in [0.717, 1.165) is 0 Å². The second-order valence-corrected chi connectivity index (χ2v) is 2.57. The van der Waals surface area contributed by atoms with Crippen LogP contribution in [-0.2, 0) is 9.59 Å². The molecule has 0 saturated heterocycles. The quantitative estimate of drug-likeness (QED) is 0.255. The van der Waals surface area contributed by atoms with E-state index < -0.39 is 43.5 Å². The van der Waals surface area contributed by atoms with Crippen LogP contribution in [0.4, 0.5) is 0 Å². The minimum absolute atomic E-state index is 0.727. The molecule has 0 spiro atoms. The number of carboxylic acids is 2. The molecule has 9 heteroatoms.